The highest BCUT2D eigenvalue weighted by molar-refractivity contribution is 6.01. The molecule has 138 valence electrons. The molecule has 2 heterocycles. The molecule has 2 aliphatic rings. The average molecular weight is 380 g/mol. The van der Waals surface area contributed by atoms with Gasteiger partial charge < -0.3 is 15.5 Å². The van der Waals surface area contributed by atoms with Crippen LogP contribution in [0.4, 0.5) is 25.8 Å². The fourth-order valence-electron chi connectivity index (χ4n) is 3.93. The van der Waals surface area contributed by atoms with Crippen LogP contribution in [0.15, 0.2) is 36.4 Å². The standard InChI is InChI=1S/C19H19F2N3O.ClH/c20-13-5-1-6-14(21)18(13)24-11-9-17(19(24)25)23-10-3-4-12-15(22)7-2-8-16(12)23;/h1-2,5-8,17H,3-4,9-11,22H2;1H. The summed E-state index contributed by atoms with van der Waals surface area (Å²) in [6.45, 7) is 1.04. The molecule has 2 N–H and O–H groups in total. The average Bonchev–Trinajstić information content (AvgIpc) is 2.96. The number of nitrogens with two attached hydrogens (primary N) is 1. The second-order valence-corrected chi connectivity index (χ2v) is 6.51. The second-order valence-electron chi connectivity index (χ2n) is 6.51. The minimum Gasteiger partial charge on any atom is -0.398 e. The van der Waals surface area contributed by atoms with Crippen molar-refractivity contribution in [3.8, 4) is 0 Å². The molecule has 2 aliphatic heterocycles. The van der Waals surface area contributed by atoms with Gasteiger partial charge in [0.1, 0.15) is 23.4 Å². The number of anilines is 3. The summed E-state index contributed by atoms with van der Waals surface area (Å²) < 4.78 is 28.1. The zero-order valence-electron chi connectivity index (χ0n) is 14.1. The molecule has 2 aromatic carbocycles. The maximum Gasteiger partial charge on any atom is 0.249 e. The van der Waals surface area contributed by atoms with Crippen LogP contribution < -0.4 is 15.5 Å². The first kappa shape index (κ1) is 18.5. The molecule has 0 radical (unpaired) electrons. The van der Waals surface area contributed by atoms with Crippen LogP contribution in [0.2, 0.25) is 0 Å². The second kappa shape index (κ2) is 7.11. The van der Waals surface area contributed by atoms with Gasteiger partial charge in [0.2, 0.25) is 5.91 Å². The van der Waals surface area contributed by atoms with Crippen molar-refractivity contribution in [2.24, 2.45) is 0 Å². The Bertz CT molecular complexity index is 825. The maximum absolute atomic E-state index is 14.1. The maximum atomic E-state index is 14.1. The molecule has 0 aromatic heterocycles. The number of nitrogen functional groups attached to an aromatic ring is 1. The predicted octanol–water partition coefficient (Wildman–Crippen LogP) is 3.53. The Morgan fingerprint density at radius 3 is 2.46 bits per heavy atom. The minimum atomic E-state index is -0.711. The number of para-hydroxylation sites is 1. The largest absolute Gasteiger partial charge is 0.398 e. The first-order valence-corrected chi connectivity index (χ1v) is 8.47. The summed E-state index contributed by atoms with van der Waals surface area (Å²) in [4.78, 5) is 16.2. The van der Waals surface area contributed by atoms with Gasteiger partial charge in [-0.25, -0.2) is 8.78 Å². The topological polar surface area (TPSA) is 49.6 Å². The number of hydrogen-bond acceptors (Lipinski definition) is 3. The molecule has 1 amide bonds. The summed E-state index contributed by atoms with van der Waals surface area (Å²) in [7, 11) is 0. The lowest BCUT2D eigenvalue weighted by Crippen LogP contribution is -2.45. The first-order chi connectivity index (χ1) is 12.1. The van der Waals surface area contributed by atoms with Gasteiger partial charge in [-0.3, -0.25) is 4.79 Å². The Kier molecular flexibility index (Phi) is 5.05. The van der Waals surface area contributed by atoms with E-state index in [9.17, 15) is 13.6 Å². The Morgan fingerprint density at radius 2 is 1.73 bits per heavy atom. The van der Waals surface area contributed by atoms with Gasteiger partial charge in [0.15, 0.2) is 0 Å². The fourth-order valence-corrected chi connectivity index (χ4v) is 3.93. The summed E-state index contributed by atoms with van der Waals surface area (Å²) in [6.07, 6.45) is 2.31. The van der Waals surface area contributed by atoms with E-state index in [1.807, 2.05) is 23.1 Å². The molecule has 4 nitrogen and oxygen atoms in total. The number of amides is 1. The van der Waals surface area contributed by atoms with Crippen molar-refractivity contribution in [3.05, 3.63) is 53.6 Å². The minimum absolute atomic E-state index is 0. The monoisotopic (exact) mass is 379 g/mol. The molecular formula is C19H20ClF2N3O. The van der Waals surface area contributed by atoms with Gasteiger partial charge in [-0.1, -0.05) is 12.1 Å². The van der Waals surface area contributed by atoms with Crippen molar-refractivity contribution < 1.29 is 13.6 Å². The lowest BCUT2D eigenvalue weighted by atomic mass is 9.98. The van der Waals surface area contributed by atoms with Gasteiger partial charge in [-0.15, -0.1) is 12.4 Å². The quantitative estimate of drug-likeness (QED) is 0.812. The van der Waals surface area contributed by atoms with Gasteiger partial charge in [0.25, 0.3) is 0 Å². The van der Waals surface area contributed by atoms with E-state index in [1.54, 1.807) is 0 Å². The Balaban J connectivity index is 0.00000196. The predicted molar refractivity (Wildman–Crippen MR) is 101 cm³/mol. The van der Waals surface area contributed by atoms with Crippen molar-refractivity contribution in [2.75, 3.05) is 28.6 Å². The fraction of sp³-hybridized carbons (Fsp3) is 0.316. The van der Waals surface area contributed by atoms with Crippen LogP contribution >= 0.6 is 12.4 Å². The Hall–Kier alpha value is -2.34. The SMILES string of the molecule is Cl.Nc1cccc2c1CCCN2C1CCN(c2c(F)cccc2F)C1=O. The smallest absolute Gasteiger partial charge is 0.249 e. The van der Waals surface area contributed by atoms with E-state index in [2.05, 4.69) is 0 Å². The molecule has 1 unspecified atom stereocenters. The summed E-state index contributed by atoms with van der Waals surface area (Å²) in [5, 5.41) is 0. The van der Waals surface area contributed by atoms with Crippen LogP contribution in [0.25, 0.3) is 0 Å². The van der Waals surface area contributed by atoms with E-state index in [1.165, 1.54) is 23.1 Å². The molecule has 0 aliphatic carbocycles. The highest BCUT2D eigenvalue weighted by atomic mass is 35.5. The number of fused-ring (bicyclic) bond motifs is 1. The molecule has 1 fully saturated rings. The molecule has 0 bridgehead atoms. The van der Waals surface area contributed by atoms with Crippen molar-refractivity contribution in [1.82, 2.24) is 0 Å². The zero-order valence-corrected chi connectivity index (χ0v) is 14.9. The van der Waals surface area contributed by atoms with Gasteiger partial charge in [0, 0.05) is 24.5 Å². The van der Waals surface area contributed by atoms with Crippen LogP contribution in [-0.2, 0) is 11.2 Å². The van der Waals surface area contributed by atoms with E-state index in [4.69, 9.17) is 5.73 Å². The van der Waals surface area contributed by atoms with Crippen LogP contribution in [0.3, 0.4) is 0 Å². The third kappa shape index (κ3) is 2.88. The first-order valence-electron chi connectivity index (χ1n) is 8.47. The molecule has 0 saturated carbocycles. The third-order valence-electron chi connectivity index (χ3n) is 5.08. The third-order valence-corrected chi connectivity index (χ3v) is 5.08. The van der Waals surface area contributed by atoms with Crippen molar-refractivity contribution in [2.45, 2.75) is 25.3 Å². The Labute approximate surface area is 157 Å². The van der Waals surface area contributed by atoms with Gasteiger partial charge in [-0.05, 0) is 49.1 Å². The van der Waals surface area contributed by atoms with Gasteiger partial charge >= 0.3 is 0 Å². The van der Waals surface area contributed by atoms with E-state index in [0.717, 1.165) is 36.3 Å². The van der Waals surface area contributed by atoms with Crippen molar-refractivity contribution in [1.29, 1.82) is 0 Å². The lowest BCUT2D eigenvalue weighted by Gasteiger charge is -2.35. The summed E-state index contributed by atoms with van der Waals surface area (Å²) in [6, 6.07) is 8.94. The molecule has 2 aromatic rings. The van der Waals surface area contributed by atoms with Crippen molar-refractivity contribution >= 4 is 35.4 Å². The molecule has 1 atom stereocenters. The van der Waals surface area contributed by atoms with Crippen LogP contribution in [0, 0.1) is 11.6 Å². The number of hydrogen-bond donors (Lipinski definition) is 1. The van der Waals surface area contributed by atoms with E-state index >= 15 is 0 Å². The zero-order chi connectivity index (χ0) is 17.6. The normalized spacial score (nSPS) is 19.3. The molecule has 26 heavy (non-hydrogen) atoms. The van der Waals surface area contributed by atoms with Crippen molar-refractivity contribution in [3.63, 3.8) is 0 Å². The molecule has 7 heteroatoms. The van der Waals surface area contributed by atoms with E-state index < -0.39 is 17.7 Å². The number of carbonyl (C=O) groups is 1. The number of carbonyl (C=O) groups excluding carboxylic acids is 1. The van der Waals surface area contributed by atoms with Crippen LogP contribution in [-0.4, -0.2) is 25.0 Å². The number of halogens is 3. The van der Waals surface area contributed by atoms with Crippen LogP contribution in [0.1, 0.15) is 18.4 Å². The number of rotatable bonds is 2. The highest BCUT2D eigenvalue weighted by Crippen LogP contribution is 2.36. The summed E-state index contributed by atoms with van der Waals surface area (Å²) in [5.41, 5.74) is 8.56. The van der Waals surface area contributed by atoms with Gasteiger partial charge in [0.05, 0.1) is 0 Å². The molecular weight excluding hydrogens is 360 g/mol. The number of benzene rings is 2. The van der Waals surface area contributed by atoms with Gasteiger partial charge in [-0.2, -0.15) is 0 Å². The summed E-state index contributed by atoms with van der Waals surface area (Å²) >= 11 is 0. The highest BCUT2D eigenvalue weighted by Gasteiger charge is 2.40. The molecule has 4 rings (SSSR count). The van der Waals surface area contributed by atoms with Crippen LogP contribution in [0.5, 0.6) is 0 Å². The van der Waals surface area contributed by atoms with E-state index in [0.29, 0.717) is 13.0 Å². The Morgan fingerprint density at radius 1 is 1.04 bits per heavy atom. The molecule has 0 spiro atoms. The summed E-state index contributed by atoms with van der Waals surface area (Å²) in [5.74, 6) is -1.69. The molecule has 1 saturated heterocycles. The number of nitrogens with zero attached hydrogens (tertiary/aromatic N) is 2. The lowest BCUT2D eigenvalue weighted by molar-refractivity contribution is -0.118. The van der Waals surface area contributed by atoms with E-state index in [-0.39, 0.29) is 24.0 Å².